The Bertz CT molecular complexity index is 1870. The molecule has 0 spiro atoms. The Morgan fingerprint density at radius 1 is 0.412 bits per heavy atom. The molecule has 85 heavy (non-hydrogen) atoms. The van der Waals surface area contributed by atoms with Crippen LogP contribution in [0.2, 0.25) is 0 Å². The Morgan fingerprint density at radius 3 is 0.835 bits per heavy atom. The van der Waals surface area contributed by atoms with Gasteiger partial charge in [0.1, 0.15) is 59.9 Å². The number of ether oxygens (including phenoxy) is 6. The van der Waals surface area contributed by atoms with Gasteiger partial charge in [-0.05, 0) is 12.8 Å². The molecule has 2 fully saturated rings. The normalized spacial score (nSPS) is 19.6. The van der Waals surface area contributed by atoms with Crippen molar-refractivity contribution in [3.8, 4) is 0 Å². The molecule has 2 heterocycles. The second-order valence-corrected chi connectivity index (χ2v) is 26.9. The maximum Gasteiger partial charge on any atom is 2.00 e. The van der Waals surface area contributed by atoms with Crippen molar-refractivity contribution in [1.29, 1.82) is 0 Å². The third-order valence-corrected chi connectivity index (χ3v) is 17.9. The molecule has 2 aliphatic heterocycles. The number of aliphatic hydroxyl groups excluding tert-OH is 2. The Balaban J connectivity index is 0.00000164. The van der Waals surface area contributed by atoms with Crippen LogP contribution in [0, 0.1) is 10.8 Å². The van der Waals surface area contributed by atoms with E-state index in [-0.39, 0.29) is 50.6 Å². The number of esters is 6. The first-order chi connectivity index (χ1) is 40.3. The second kappa shape index (κ2) is 51.6. The van der Waals surface area contributed by atoms with Gasteiger partial charge in [0.15, 0.2) is 10.5 Å². The quantitative estimate of drug-likeness (QED) is 0.0188. The van der Waals surface area contributed by atoms with Crippen molar-refractivity contribution in [2.75, 3.05) is 52.9 Å². The van der Waals surface area contributed by atoms with E-state index in [4.69, 9.17) is 28.4 Å². The predicted octanol–water partition coefficient (Wildman–Crippen LogP) is 11.1. The molecule has 0 saturated carbocycles. The minimum absolute atomic E-state index is 0. The van der Waals surface area contributed by atoms with E-state index in [0.717, 1.165) is 38.5 Å². The number of carbonyl (C=O) groups is 6. The smallest absolute Gasteiger partial charge is 0.747 e. The van der Waals surface area contributed by atoms with Crippen LogP contribution in [-0.2, 0) is 77.4 Å². The van der Waals surface area contributed by atoms with E-state index in [1.807, 2.05) is 0 Å². The number of rotatable bonds is 48. The van der Waals surface area contributed by atoms with Gasteiger partial charge < -0.3 is 47.7 Å². The van der Waals surface area contributed by atoms with Crippen LogP contribution in [0.15, 0.2) is 0 Å². The number of carbonyl (C=O) groups excluding carboxylic acids is 6. The summed E-state index contributed by atoms with van der Waals surface area (Å²) in [6, 6.07) is 0. The second-order valence-electron chi connectivity index (χ2n) is 23.8. The number of hydrogen-bond donors (Lipinski definition) is 2. The largest absolute Gasteiger partial charge is 2.00 e. The Hall–Kier alpha value is -2.18. The molecular formula is C62H110CaO20S2. The summed E-state index contributed by atoms with van der Waals surface area (Å²) in [5.74, 6) is -5.99. The van der Waals surface area contributed by atoms with Crippen molar-refractivity contribution in [2.45, 2.75) is 294 Å². The van der Waals surface area contributed by atoms with E-state index in [1.165, 1.54) is 193 Å². The average Bonchev–Trinajstić information content (AvgIpc) is 3.90. The molecule has 0 aromatic heterocycles. The first-order valence-corrected chi connectivity index (χ1v) is 35.3. The summed E-state index contributed by atoms with van der Waals surface area (Å²) in [7, 11) is -10.3. The summed E-state index contributed by atoms with van der Waals surface area (Å²) >= 11 is 0. The van der Waals surface area contributed by atoms with Crippen LogP contribution < -0.4 is 0 Å². The Kier molecular flexibility index (Phi) is 50.2. The van der Waals surface area contributed by atoms with Crippen molar-refractivity contribution in [2.24, 2.45) is 10.8 Å². The summed E-state index contributed by atoms with van der Waals surface area (Å²) in [6.07, 6.45) is 46.3. The van der Waals surface area contributed by atoms with Crippen molar-refractivity contribution >= 4 is 93.8 Å². The standard InChI is InChI=1S/2C31H56O10S.Ca/c2*1-2-3-4-5-6-7-8-9-10-11-12-13-14-15-16-17-18-19-20-21-28(33)39-24-31(23-32)25-40-29(34)22-27(42(36,37)38)30(35)41-26-31;/h2*27,32H,2-26H2,1H3,(H,36,37,38);/q;;+2/p-2. The zero-order valence-corrected chi connectivity index (χ0v) is 56.1. The molecule has 4 atom stereocenters. The Labute approximate surface area is 541 Å². The maximum atomic E-state index is 12.2. The SMILES string of the molecule is CCCCCCCCCCCCCCCCCCCCCC(=O)OCC1(CO)COC(=O)CC(S(=O)(=O)[O-])C(=O)OC1.CCCCCCCCCCCCCCCCCCCCCC(=O)OCC1(CO)COC(=O)CC(S(=O)(=O)[O-])C(=O)OC1.[Ca+2]. The third kappa shape index (κ3) is 43.2. The van der Waals surface area contributed by atoms with Gasteiger partial charge in [0.05, 0.1) is 36.9 Å². The molecule has 0 aromatic carbocycles. The van der Waals surface area contributed by atoms with E-state index in [1.54, 1.807) is 0 Å². The van der Waals surface area contributed by atoms with Crippen LogP contribution in [0.25, 0.3) is 0 Å². The van der Waals surface area contributed by atoms with E-state index in [0.29, 0.717) is 12.8 Å². The van der Waals surface area contributed by atoms with Crippen molar-refractivity contribution in [3.05, 3.63) is 0 Å². The minimum Gasteiger partial charge on any atom is -0.747 e. The minimum atomic E-state index is -5.14. The zero-order chi connectivity index (χ0) is 62.2. The fourth-order valence-corrected chi connectivity index (χ4v) is 11.2. The van der Waals surface area contributed by atoms with Crippen molar-refractivity contribution < 1.29 is 93.3 Å². The molecule has 23 heteroatoms. The molecule has 0 aliphatic carbocycles. The molecule has 2 N–H and O–H groups in total. The number of aliphatic hydroxyl groups is 2. The summed E-state index contributed by atoms with van der Waals surface area (Å²) < 4.78 is 97.9. The van der Waals surface area contributed by atoms with Gasteiger partial charge >= 0.3 is 73.6 Å². The van der Waals surface area contributed by atoms with Crippen LogP contribution in [0.1, 0.15) is 284 Å². The van der Waals surface area contributed by atoms with E-state index < -0.39 is 143 Å². The zero-order valence-electron chi connectivity index (χ0n) is 52.3. The molecule has 2 saturated heterocycles. The molecule has 0 amide bonds. The molecule has 2 aliphatic rings. The first-order valence-electron chi connectivity index (χ1n) is 32.3. The van der Waals surface area contributed by atoms with Crippen LogP contribution in [-0.4, -0.2) is 173 Å². The first kappa shape index (κ1) is 82.8. The summed E-state index contributed by atoms with van der Waals surface area (Å²) in [4.78, 5) is 72.4. The number of cyclic esters (lactones) is 4. The third-order valence-electron chi connectivity index (χ3n) is 15.8. The maximum absolute atomic E-state index is 12.2. The van der Waals surface area contributed by atoms with E-state index in [2.05, 4.69) is 13.8 Å². The van der Waals surface area contributed by atoms with E-state index >= 15 is 0 Å². The monoisotopic (exact) mass is 1280 g/mol. The van der Waals surface area contributed by atoms with Gasteiger partial charge in [0.2, 0.25) is 0 Å². The molecule has 4 unspecified atom stereocenters. The molecule has 20 nitrogen and oxygen atoms in total. The van der Waals surface area contributed by atoms with Crippen LogP contribution in [0.4, 0.5) is 0 Å². The van der Waals surface area contributed by atoms with Gasteiger partial charge in [-0.3, -0.25) is 28.8 Å². The van der Waals surface area contributed by atoms with Gasteiger partial charge in [-0.1, -0.05) is 245 Å². The van der Waals surface area contributed by atoms with Crippen molar-refractivity contribution in [3.63, 3.8) is 0 Å². The summed E-state index contributed by atoms with van der Waals surface area (Å²) in [5.41, 5.74) is -2.90. The average molecular weight is 1280 g/mol. The topological polar surface area (TPSA) is 313 Å². The number of unbranched alkanes of at least 4 members (excludes halogenated alkanes) is 36. The van der Waals surface area contributed by atoms with Crippen LogP contribution >= 0.6 is 0 Å². The van der Waals surface area contributed by atoms with Gasteiger partial charge in [-0.15, -0.1) is 0 Å². The van der Waals surface area contributed by atoms with Gasteiger partial charge in [0, 0.05) is 12.8 Å². The molecule has 2 rings (SSSR count). The number of hydrogen-bond acceptors (Lipinski definition) is 20. The van der Waals surface area contributed by atoms with Crippen LogP contribution in [0.3, 0.4) is 0 Å². The molecule has 492 valence electrons. The molecule has 0 radical (unpaired) electrons. The molecular weight excluding hydrogens is 1170 g/mol. The predicted molar refractivity (Wildman–Crippen MR) is 323 cm³/mol. The van der Waals surface area contributed by atoms with Gasteiger partial charge in [-0.25, -0.2) is 16.8 Å². The fraction of sp³-hybridized carbons (Fsp3) is 0.903. The summed E-state index contributed by atoms with van der Waals surface area (Å²) in [6.45, 7) is 0.337. The van der Waals surface area contributed by atoms with Crippen LogP contribution in [0.5, 0.6) is 0 Å². The van der Waals surface area contributed by atoms with E-state index in [9.17, 15) is 64.9 Å². The molecule has 0 bridgehead atoms. The van der Waals surface area contributed by atoms with Gasteiger partial charge in [-0.2, -0.15) is 0 Å². The fourth-order valence-electron chi connectivity index (χ4n) is 9.96. The molecule has 0 aromatic rings. The Morgan fingerprint density at radius 2 is 0.624 bits per heavy atom. The summed E-state index contributed by atoms with van der Waals surface area (Å²) in [5, 5.41) is 15.3. The van der Waals surface area contributed by atoms with Crippen molar-refractivity contribution in [1.82, 2.24) is 0 Å². The van der Waals surface area contributed by atoms with Gasteiger partial charge in [0.25, 0.3) is 0 Å².